The molecule has 0 radical (unpaired) electrons. The summed E-state index contributed by atoms with van der Waals surface area (Å²) < 4.78 is 0. The van der Waals surface area contributed by atoms with Gasteiger partial charge in [-0.1, -0.05) is 6.07 Å². The molecule has 0 saturated carbocycles. The van der Waals surface area contributed by atoms with Crippen molar-refractivity contribution in [1.29, 1.82) is 0 Å². The van der Waals surface area contributed by atoms with E-state index >= 15 is 0 Å². The largest absolute Gasteiger partial charge is 0.364 e. The second kappa shape index (κ2) is 5.28. The number of pyridine rings is 2. The second-order valence-electron chi connectivity index (χ2n) is 4.89. The maximum Gasteiger partial charge on any atom is 0.230 e. The van der Waals surface area contributed by atoms with Gasteiger partial charge in [0.05, 0.1) is 6.42 Å². The van der Waals surface area contributed by atoms with Crippen molar-refractivity contribution in [2.75, 3.05) is 5.32 Å². The molecule has 0 unspecified atom stereocenters. The number of carbonyl (C=O) groups is 1. The Balaban J connectivity index is 1.75. The van der Waals surface area contributed by atoms with E-state index in [1.165, 1.54) is 0 Å². The number of hydrogen-bond donors (Lipinski definition) is 2. The van der Waals surface area contributed by atoms with Crippen molar-refractivity contribution in [3.05, 3.63) is 57.6 Å². The SMILES string of the molecule is O=C(Cc1c[nH]c2c(c1=O)CCC2)Nc1ccccn1. The molecule has 2 aromatic rings. The van der Waals surface area contributed by atoms with E-state index in [1.54, 1.807) is 30.6 Å². The van der Waals surface area contributed by atoms with Crippen molar-refractivity contribution >= 4 is 11.7 Å². The Morgan fingerprint density at radius 3 is 3.05 bits per heavy atom. The number of amides is 1. The number of hydrogen-bond acceptors (Lipinski definition) is 3. The molecule has 0 aromatic carbocycles. The van der Waals surface area contributed by atoms with Crippen LogP contribution in [0.4, 0.5) is 5.82 Å². The van der Waals surface area contributed by atoms with Crippen molar-refractivity contribution in [2.45, 2.75) is 25.7 Å². The number of fused-ring (bicyclic) bond motifs is 1. The number of aromatic amines is 1. The molecule has 1 aliphatic carbocycles. The first-order valence-corrected chi connectivity index (χ1v) is 6.67. The van der Waals surface area contributed by atoms with Crippen LogP contribution in [-0.2, 0) is 24.1 Å². The number of aryl methyl sites for hydroxylation is 1. The van der Waals surface area contributed by atoms with Crippen LogP contribution in [0.1, 0.15) is 23.2 Å². The summed E-state index contributed by atoms with van der Waals surface area (Å²) in [6.45, 7) is 0. The topological polar surface area (TPSA) is 74.8 Å². The zero-order valence-electron chi connectivity index (χ0n) is 11.0. The lowest BCUT2D eigenvalue weighted by Gasteiger charge is -2.05. The smallest absolute Gasteiger partial charge is 0.230 e. The van der Waals surface area contributed by atoms with Gasteiger partial charge in [-0.3, -0.25) is 9.59 Å². The number of anilines is 1. The summed E-state index contributed by atoms with van der Waals surface area (Å²) >= 11 is 0. The molecule has 0 saturated heterocycles. The van der Waals surface area contributed by atoms with E-state index in [2.05, 4.69) is 15.3 Å². The summed E-state index contributed by atoms with van der Waals surface area (Å²) in [4.78, 5) is 31.3. The predicted molar refractivity (Wildman–Crippen MR) is 75.7 cm³/mol. The molecule has 0 spiro atoms. The molecule has 2 heterocycles. The number of H-pyrrole nitrogens is 1. The molecular formula is C15H15N3O2. The Kier molecular flexibility index (Phi) is 3.33. The summed E-state index contributed by atoms with van der Waals surface area (Å²) in [7, 11) is 0. The number of rotatable bonds is 3. The van der Waals surface area contributed by atoms with Gasteiger partial charge in [0.2, 0.25) is 5.91 Å². The van der Waals surface area contributed by atoms with Crippen LogP contribution in [0.2, 0.25) is 0 Å². The highest BCUT2D eigenvalue weighted by molar-refractivity contribution is 5.91. The maximum atomic E-state index is 12.2. The van der Waals surface area contributed by atoms with Gasteiger partial charge in [-0.25, -0.2) is 4.98 Å². The molecule has 2 N–H and O–H groups in total. The van der Waals surface area contributed by atoms with E-state index in [-0.39, 0.29) is 17.8 Å². The quantitative estimate of drug-likeness (QED) is 0.885. The van der Waals surface area contributed by atoms with E-state index in [0.29, 0.717) is 11.4 Å². The van der Waals surface area contributed by atoms with Gasteiger partial charge >= 0.3 is 0 Å². The van der Waals surface area contributed by atoms with Gasteiger partial charge in [0, 0.05) is 29.2 Å². The molecule has 0 atom stereocenters. The van der Waals surface area contributed by atoms with Gasteiger partial charge in [0.25, 0.3) is 0 Å². The van der Waals surface area contributed by atoms with Gasteiger partial charge in [-0.05, 0) is 31.4 Å². The molecule has 102 valence electrons. The lowest BCUT2D eigenvalue weighted by Crippen LogP contribution is -2.22. The zero-order valence-corrected chi connectivity index (χ0v) is 11.0. The Morgan fingerprint density at radius 1 is 1.35 bits per heavy atom. The first-order valence-electron chi connectivity index (χ1n) is 6.67. The van der Waals surface area contributed by atoms with E-state index in [4.69, 9.17) is 0 Å². The number of carbonyl (C=O) groups excluding carboxylic acids is 1. The number of nitrogens with one attached hydrogen (secondary N) is 2. The van der Waals surface area contributed by atoms with Crippen LogP contribution in [-0.4, -0.2) is 15.9 Å². The fraction of sp³-hybridized carbons (Fsp3) is 0.267. The molecule has 1 amide bonds. The third-order valence-electron chi connectivity index (χ3n) is 3.49. The van der Waals surface area contributed by atoms with Crippen molar-refractivity contribution in [2.24, 2.45) is 0 Å². The summed E-state index contributed by atoms with van der Waals surface area (Å²) in [5, 5.41) is 2.68. The van der Waals surface area contributed by atoms with Crippen molar-refractivity contribution in [1.82, 2.24) is 9.97 Å². The standard InChI is InChI=1S/C15H15N3O2/c19-14(18-13-6-1-2-7-16-13)8-10-9-17-12-5-3-4-11(12)15(10)20/h1-2,6-7,9H,3-5,8H2,(H,17,20)(H,16,18,19). The minimum absolute atomic E-state index is 0.00687. The first kappa shape index (κ1) is 12.6. The third-order valence-corrected chi connectivity index (χ3v) is 3.49. The predicted octanol–water partition coefficient (Wildman–Crippen LogP) is 1.44. The van der Waals surface area contributed by atoms with Crippen LogP contribution in [0.15, 0.2) is 35.4 Å². The molecule has 0 aliphatic heterocycles. The highest BCUT2D eigenvalue weighted by Gasteiger charge is 2.18. The molecular weight excluding hydrogens is 254 g/mol. The molecule has 2 aromatic heterocycles. The second-order valence-corrected chi connectivity index (χ2v) is 4.89. The fourth-order valence-electron chi connectivity index (χ4n) is 2.52. The molecule has 5 heteroatoms. The minimum atomic E-state index is -0.229. The normalized spacial score (nSPS) is 13.0. The third kappa shape index (κ3) is 2.47. The summed E-state index contributed by atoms with van der Waals surface area (Å²) in [6.07, 6.45) is 6.07. The van der Waals surface area contributed by atoms with Crippen LogP contribution in [0, 0.1) is 0 Å². The molecule has 3 rings (SSSR count). The highest BCUT2D eigenvalue weighted by Crippen LogP contribution is 2.16. The van der Waals surface area contributed by atoms with Gasteiger partial charge in [-0.2, -0.15) is 0 Å². The van der Waals surface area contributed by atoms with E-state index < -0.39 is 0 Å². The molecule has 20 heavy (non-hydrogen) atoms. The number of aromatic nitrogens is 2. The molecule has 1 aliphatic rings. The van der Waals surface area contributed by atoms with E-state index in [9.17, 15) is 9.59 Å². The van der Waals surface area contributed by atoms with Gasteiger partial charge in [0.1, 0.15) is 5.82 Å². The van der Waals surface area contributed by atoms with Crippen molar-refractivity contribution in [3.63, 3.8) is 0 Å². The average Bonchev–Trinajstić information content (AvgIpc) is 2.92. The lowest BCUT2D eigenvalue weighted by atomic mass is 10.1. The first-order chi connectivity index (χ1) is 9.74. The van der Waals surface area contributed by atoms with E-state index in [0.717, 1.165) is 30.5 Å². The van der Waals surface area contributed by atoms with Gasteiger partial charge < -0.3 is 10.3 Å². The number of nitrogens with zero attached hydrogens (tertiary/aromatic N) is 1. The van der Waals surface area contributed by atoms with Crippen LogP contribution in [0.3, 0.4) is 0 Å². The van der Waals surface area contributed by atoms with Gasteiger partial charge in [0.15, 0.2) is 5.43 Å². The summed E-state index contributed by atoms with van der Waals surface area (Å²) in [6, 6.07) is 5.29. The van der Waals surface area contributed by atoms with Crippen molar-refractivity contribution < 1.29 is 4.79 Å². The molecule has 0 fully saturated rings. The van der Waals surface area contributed by atoms with Gasteiger partial charge in [-0.15, -0.1) is 0 Å². The van der Waals surface area contributed by atoms with Crippen LogP contribution < -0.4 is 10.7 Å². The maximum absolute atomic E-state index is 12.2. The molecule has 5 nitrogen and oxygen atoms in total. The van der Waals surface area contributed by atoms with Crippen molar-refractivity contribution in [3.8, 4) is 0 Å². The molecule has 0 bridgehead atoms. The highest BCUT2D eigenvalue weighted by atomic mass is 16.1. The monoisotopic (exact) mass is 269 g/mol. The Hall–Kier alpha value is -2.43. The van der Waals surface area contributed by atoms with Crippen LogP contribution in [0.25, 0.3) is 0 Å². The Morgan fingerprint density at radius 2 is 2.25 bits per heavy atom. The average molecular weight is 269 g/mol. The Bertz CT molecular complexity index is 692. The summed E-state index contributed by atoms with van der Waals surface area (Å²) in [5.41, 5.74) is 2.38. The van der Waals surface area contributed by atoms with Crippen LogP contribution in [0.5, 0.6) is 0 Å². The lowest BCUT2D eigenvalue weighted by molar-refractivity contribution is -0.115. The zero-order chi connectivity index (χ0) is 13.9. The van der Waals surface area contributed by atoms with Crippen LogP contribution >= 0.6 is 0 Å². The summed E-state index contributed by atoms with van der Waals surface area (Å²) in [5.74, 6) is 0.266. The Labute approximate surface area is 116 Å². The minimum Gasteiger partial charge on any atom is -0.364 e. The fourth-order valence-corrected chi connectivity index (χ4v) is 2.52. The van der Waals surface area contributed by atoms with E-state index in [1.807, 2.05) is 0 Å².